The van der Waals surface area contributed by atoms with E-state index >= 15 is 0 Å². The highest BCUT2D eigenvalue weighted by Gasteiger charge is 2.18. The largest absolute Gasteiger partial charge is 0.104 e. The Morgan fingerprint density at radius 1 is 0.737 bits per heavy atom. The Morgan fingerprint density at radius 2 is 1.32 bits per heavy atom. The van der Waals surface area contributed by atoms with Gasteiger partial charge in [-0.1, -0.05) is 103 Å². The first-order chi connectivity index (χ1) is 9.18. The molecular weight excluding hydrogens is 244 g/mol. The molecular formula is C18H20Si. The molecule has 0 aromatic heterocycles. The van der Waals surface area contributed by atoms with Crippen molar-refractivity contribution in [2.24, 2.45) is 0 Å². The lowest BCUT2D eigenvalue weighted by Crippen LogP contribution is -2.39. The van der Waals surface area contributed by atoms with E-state index < -0.39 is 8.07 Å². The van der Waals surface area contributed by atoms with Crippen molar-refractivity contribution in [1.29, 1.82) is 0 Å². The first-order valence-electron chi connectivity index (χ1n) is 6.65. The molecule has 1 heteroatoms. The zero-order valence-corrected chi connectivity index (χ0v) is 12.6. The molecule has 0 atom stereocenters. The van der Waals surface area contributed by atoms with Crippen molar-refractivity contribution in [3.63, 3.8) is 0 Å². The molecule has 0 saturated carbocycles. The van der Waals surface area contributed by atoms with Gasteiger partial charge < -0.3 is 0 Å². The average Bonchev–Trinajstić information content (AvgIpc) is 2.46. The Kier molecular flexibility index (Phi) is 4.53. The van der Waals surface area contributed by atoms with Crippen LogP contribution in [0.15, 0.2) is 78.5 Å². The molecule has 0 bridgehead atoms. The molecule has 0 aliphatic carbocycles. The van der Waals surface area contributed by atoms with Crippen molar-refractivity contribution >= 4 is 19.3 Å². The Balaban J connectivity index is 2.05. The van der Waals surface area contributed by atoms with Crippen molar-refractivity contribution in [3.05, 3.63) is 84.1 Å². The first-order valence-corrected chi connectivity index (χ1v) is 9.73. The van der Waals surface area contributed by atoms with Crippen LogP contribution in [-0.4, -0.2) is 8.07 Å². The highest BCUT2D eigenvalue weighted by atomic mass is 28.3. The van der Waals surface area contributed by atoms with Crippen LogP contribution in [0.1, 0.15) is 5.56 Å². The number of hydrogen-bond donors (Lipinski definition) is 0. The number of rotatable bonds is 4. The lowest BCUT2D eigenvalue weighted by Gasteiger charge is -2.17. The van der Waals surface area contributed by atoms with Crippen molar-refractivity contribution in [2.45, 2.75) is 13.1 Å². The zero-order chi connectivity index (χ0) is 13.6. The summed E-state index contributed by atoms with van der Waals surface area (Å²) in [6.07, 6.45) is 6.46. The summed E-state index contributed by atoms with van der Waals surface area (Å²) in [5, 5.41) is 1.47. The van der Waals surface area contributed by atoms with Crippen LogP contribution in [0, 0.1) is 0 Å². The molecule has 0 nitrogen and oxygen atoms in total. The summed E-state index contributed by atoms with van der Waals surface area (Å²) in [7, 11) is -1.45. The van der Waals surface area contributed by atoms with Gasteiger partial charge in [0.2, 0.25) is 0 Å². The smallest absolute Gasteiger partial charge is 0.0903 e. The summed E-state index contributed by atoms with van der Waals surface area (Å²) < 4.78 is 0. The maximum Gasteiger partial charge on any atom is 0.104 e. The van der Waals surface area contributed by atoms with Gasteiger partial charge in [0.1, 0.15) is 8.07 Å². The summed E-state index contributed by atoms with van der Waals surface area (Å²) >= 11 is 0. The fraction of sp³-hybridized carbons (Fsp3) is 0.111. The molecule has 2 rings (SSSR count). The minimum atomic E-state index is -1.45. The van der Waals surface area contributed by atoms with E-state index in [0.29, 0.717) is 0 Å². The van der Waals surface area contributed by atoms with Gasteiger partial charge in [-0.15, -0.1) is 0 Å². The monoisotopic (exact) mass is 264 g/mol. The predicted octanol–water partition coefficient (Wildman–Crippen LogP) is 4.41. The SMILES string of the molecule is C[Si](C)(/C=C/C=C/c1ccccc1)c1ccccc1. The highest BCUT2D eigenvalue weighted by Crippen LogP contribution is 2.06. The van der Waals surface area contributed by atoms with E-state index in [-0.39, 0.29) is 0 Å². The van der Waals surface area contributed by atoms with Crippen LogP contribution in [0.2, 0.25) is 13.1 Å². The van der Waals surface area contributed by atoms with Gasteiger partial charge in [0.25, 0.3) is 0 Å². The zero-order valence-electron chi connectivity index (χ0n) is 11.6. The molecule has 0 aliphatic heterocycles. The summed E-state index contributed by atoms with van der Waals surface area (Å²) in [5.74, 6) is 0. The van der Waals surface area contributed by atoms with Crippen LogP contribution in [-0.2, 0) is 0 Å². The normalized spacial score (nSPS) is 12.3. The fourth-order valence-corrected chi connectivity index (χ4v) is 3.83. The van der Waals surface area contributed by atoms with E-state index in [0.717, 1.165) is 0 Å². The lowest BCUT2D eigenvalue weighted by molar-refractivity contribution is 1.66. The maximum atomic E-state index is 2.38. The summed E-state index contributed by atoms with van der Waals surface area (Å²) in [4.78, 5) is 0. The molecule has 0 unspecified atom stereocenters. The van der Waals surface area contributed by atoms with Gasteiger partial charge in [0, 0.05) is 0 Å². The van der Waals surface area contributed by atoms with Gasteiger partial charge >= 0.3 is 0 Å². The molecule has 0 saturated heterocycles. The van der Waals surface area contributed by atoms with Gasteiger partial charge in [0.15, 0.2) is 0 Å². The van der Waals surface area contributed by atoms with Crippen molar-refractivity contribution in [2.75, 3.05) is 0 Å². The average molecular weight is 264 g/mol. The molecule has 0 aliphatic rings. The first kappa shape index (κ1) is 13.6. The third-order valence-corrected chi connectivity index (χ3v) is 6.08. The molecule has 0 spiro atoms. The summed E-state index contributed by atoms with van der Waals surface area (Å²) in [6.45, 7) is 4.74. The number of allylic oxidation sites excluding steroid dienone is 2. The van der Waals surface area contributed by atoms with Crippen LogP contribution in [0.4, 0.5) is 0 Å². The van der Waals surface area contributed by atoms with Crippen LogP contribution >= 0.6 is 0 Å². The van der Waals surface area contributed by atoms with E-state index in [1.807, 2.05) is 6.07 Å². The molecule has 0 N–H and O–H groups in total. The third-order valence-electron chi connectivity index (χ3n) is 3.23. The molecule has 2 aromatic rings. The highest BCUT2D eigenvalue weighted by molar-refractivity contribution is 6.93. The van der Waals surface area contributed by atoms with Crippen LogP contribution in [0.5, 0.6) is 0 Å². The van der Waals surface area contributed by atoms with E-state index in [1.165, 1.54) is 10.8 Å². The molecule has 0 fully saturated rings. The standard InChI is InChI=1S/C18H20Si/c1-19(2,18-14-7-4-8-15-18)16-10-9-13-17-11-5-3-6-12-17/h3-16H,1-2H3/b13-9+,16-10+. The van der Waals surface area contributed by atoms with Gasteiger partial charge in [-0.3, -0.25) is 0 Å². The van der Waals surface area contributed by atoms with Gasteiger partial charge in [0.05, 0.1) is 0 Å². The third kappa shape index (κ3) is 4.07. The number of benzene rings is 2. The topological polar surface area (TPSA) is 0 Å². The minimum absolute atomic E-state index is 1.24. The Morgan fingerprint density at radius 3 is 1.95 bits per heavy atom. The second-order valence-electron chi connectivity index (χ2n) is 5.22. The van der Waals surface area contributed by atoms with Crippen molar-refractivity contribution in [1.82, 2.24) is 0 Å². The predicted molar refractivity (Wildman–Crippen MR) is 88.2 cm³/mol. The molecule has 19 heavy (non-hydrogen) atoms. The van der Waals surface area contributed by atoms with E-state index in [4.69, 9.17) is 0 Å². The Labute approximate surface area is 117 Å². The molecule has 0 amide bonds. The van der Waals surface area contributed by atoms with Crippen LogP contribution in [0.3, 0.4) is 0 Å². The lowest BCUT2D eigenvalue weighted by atomic mass is 10.2. The Hall–Kier alpha value is -1.86. The van der Waals surface area contributed by atoms with E-state index in [1.54, 1.807) is 0 Å². The fourth-order valence-electron chi connectivity index (χ4n) is 1.99. The second kappa shape index (κ2) is 6.35. The minimum Gasteiger partial charge on any atom is -0.0903 e. The van der Waals surface area contributed by atoms with E-state index in [9.17, 15) is 0 Å². The van der Waals surface area contributed by atoms with Gasteiger partial charge in [-0.05, 0) is 5.56 Å². The van der Waals surface area contributed by atoms with Crippen LogP contribution in [0.25, 0.3) is 6.08 Å². The summed E-state index contributed by atoms with van der Waals surface area (Å²) in [5.41, 5.74) is 3.62. The van der Waals surface area contributed by atoms with Crippen LogP contribution < -0.4 is 5.19 Å². The maximum absolute atomic E-state index is 2.38. The van der Waals surface area contributed by atoms with Crippen molar-refractivity contribution in [3.8, 4) is 0 Å². The molecule has 96 valence electrons. The van der Waals surface area contributed by atoms with E-state index in [2.05, 4.69) is 91.6 Å². The summed E-state index contributed by atoms with van der Waals surface area (Å²) in [6, 6.07) is 21.2. The quantitative estimate of drug-likeness (QED) is 0.567. The van der Waals surface area contributed by atoms with Crippen molar-refractivity contribution < 1.29 is 0 Å². The van der Waals surface area contributed by atoms with Gasteiger partial charge in [-0.25, -0.2) is 0 Å². The molecule has 0 heterocycles. The molecule has 2 aromatic carbocycles. The van der Waals surface area contributed by atoms with Gasteiger partial charge in [-0.2, -0.15) is 0 Å². The second-order valence-corrected chi connectivity index (χ2v) is 9.57. The number of hydrogen-bond acceptors (Lipinski definition) is 0. The Bertz CT molecular complexity index is 551. The molecule has 0 radical (unpaired) electrons.